The van der Waals surface area contributed by atoms with Gasteiger partial charge in [0.1, 0.15) is 6.61 Å². The molecule has 0 aliphatic carbocycles. The molecule has 0 aromatic carbocycles. The van der Waals surface area contributed by atoms with Gasteiger partial charge in [0.15, 0.2) is 0 Å². The normalized spacial score (nSPS) is 24.6. The highest BCUT2D eigenvalue weighted by atomic mass is 16.5. The molecule has 1 aliphatic heterocycles. The first-order valence-corrected chi connectivity index (χ1v) is 3.81. The number of ether oxygens (including phenoxy) is 1. The zero-order valence-corrected chi connectivity index (χ0v) is 6.38. The van der Waals surface area contributed by atoms with Crippen molar-refractivity contribution in [3.05, 3.63) is 0 Å². The monoisotopic (exact) mass is 159 g/mol. The molecule has 64 valence electrons. The summed E-state index contributed by atoms with van der Waals surface area (Å²) in [7, 11) is 0. The van der Waals surface area contributed by atoms with Gasteiger partial charge in [-0.3, -0.25) is 4.79 Å². The number of hydrogen-bond acceptors (Lipinski definition) is 3. The fourth-order valence-corrected chi connectivity index (χ4v) is 1.13. The SMILES string of the molecule is O=C(CO)N[C@H]1CCCOC1. The smallest absolute Gasteiger partial charge is 0.246 e. The lowest BCUT2D eigenvalue weighted by Crippen LogP contribution is -2.41. The van der Waals surface area contributed by atoms with E-state index in [2.05, 4.69) is 5.32 Å². The van der Waals surface area contributed by atoms with Crippen molar-refractivity contribution in [2.45, 2.75) is 18.9 Å². The van der Waals surface area contributed by atoms with Crippen LogP contribution in [0, 0.1) is 0 Å². The standard InChI is InChI=1S/C7H13NO3/c9-4-7(10)8-6-2-1-3-11-5-6/h6,9H,1-5H2,(H,8,10)/t6-/m0/s1. The Balaban J connectivity index is 2.19. The third-order valence-corrected chi connectivity index (χ3v) is 1.67. The lowest BCUT2D eigenvalue weighted by molar-refractivity contribution is -0.125. The molecular formula is C7H13NO3. The van der Waals surface area contributed by atoms with Gasteiger partial charge in [0.2, 0.25) is 5.91 Å². The lowest BCUT2D eigenvalue weighted by Gasteiger charge is -2.22. The number of hydrogen-bond donors (Lipinski definition) is 2. The number of aliphatic hydroxyl groups excluding tert-OH is 1. The van der Waals surface area contributed by atoms with Gasteiger partial charge in [-0.2, -0.15) is 0 Å². The number of amides is 1. The molecule has 0 bridgehead atoms. The molecule has 4 heteroatoms. The summed E-state index contributed by atoms with van der Waals surface area (Å²) >= 11 is 0. The van der Waals surface area contributed by atoms with E-state index < -0.39 is 6.61 Å². The quantitative estimate of drug-likeness (QED) is 0.558. The van der Waals surface area contributed by atoms with Crippen molar-refractivity contribution in [1.82, 2.24) is 5.32 Å². The van der Waals surface area contributed by atoms with Crippen LogP contribution in [0.3, 0.4) is 0 Å². The first kappa shape index (κ1) is 8.49. The van der Waals surface area contributed by atoms with Crippen molar-refractivity contribution < 1.29 is 14.6 Å². The first-order valence-electron chi connectivity index (χ1n) is 3.81. The summed E-state index contributed by atoms with van der Waals surface area (Å²) in [6, 6.07) is 0.100. The van der Waals surface area contributed by atoms with E-state index in [9.17, 15) is 4.79 Å². The molecule has 11 heavy (non-hydrogen) atoms. The molecule has 1 atom stereocenters. The van der Waals surface area contributed by atoms with Gasteiger partial charge in [0.05, 0.1) is 12.6 Å². The molecule has 1 rings (SSSR count). The second-order valence-electron chi connectivity index (χ2n) is 2.64. The van der Waals surface area contributed by atoms with Crippen LogP contribution < -0.4 is 5.32 Å². The van der Waals surface area contributed by atoms with Gasteiger partial charge < -0.3 is 15.2 Å². The summed E-state index contributed by atoms with van der Waals surface area (Å²) < 4.78 is 5.13. The van der Waals surface area contributed by atoms with Crippen molar-refractivity contribution in [3.8, 4) is 0 Å². The van der Waals surface area contributed by atoms with Crippen molar-refractivity contribution in [2.75, 3.05) is 19.8 Å². The Morgan fingerprint density at radius 2 is 2.55 bits per heavy atom. The fourth-order valence-electron chi connectivity index (χ4n) is 1.13. The number of aliphatic hydroxyl groups is 1. The Hall–Kier alpha value is -0.610. The highest BCUT2D eigenvalue weighted by molar-refractivity contribution is 5.77. The Kier molecular flexibility index (Phi) is 3.32. The van der Waals surface area contributed by atoms with E-state index in [0.717, 1.165) is 19.4 Å². The third-order valence-electron chi connectivity index (χ3n) is 1.67. The maximum atomic E-state index is 10.7. The molecule has 0 spiro atoms. The number of rotatable bonds is 2. The highest BCUT2D eigenvalue weighted by Crippen LogP contribution is 2.04. The van der Waals surface area contributed by atoms with E-state index in [1.54, 1.807) is 0 Å². The van der Waals surface area contributed by atoms with Crippen LogP contribution in [0.15, 0.2) is 0 Å². The van der Waals surface area contributed by atoms with Crippen LogP contribution in [-0.4, -0.2) is 36.9 Å². The zero-order chi connectivity index (χ0) is 8.10. The van der Waals surface area contributed by atoms with Crippen LogP contribution in [0.25, 0.3) is 0 Å². The van der Waals surface area contributed by atoms with Gasteiger partial charge in [-0.05, 0) is 12.8 Å². The van der Waals surface area contributed by atoms with E-state index in [1.165, 1.54) is 0 Å². The Bertz CT molecular complexity index is 132. The van der Waals surface area contributed by atoms with Crippen LogP contribution in [-0.2, 0) is 9.53 Å². The Labute approximate surface area is 65.5 Å². The topological polar surface area (TPSA) is 58.6 Å². The number of carbonyl (C=O) groups is 1. The van der Waals surface area contributed by atoms with Crippen LogP contribution in [0.1, 0.15) is 12.8 Å². The second-order valence-corrected chi connectivity index (χ2v) is 2.64. The molecular weight excluding hydrogens is 146 g/mol. The van der Waals surface area contributed by atoms with Crippen molar-refractivity contribution in [2.24, 2.45) is 0 Å². The maximum Gasteiger partial charge on any atom is 0.246 e. The minimum Gasteiger partial charge on any atom is -0.387 e. The van der Waals surface area contributed by atoms with Gasteiger partial charge in [-0.25, -0.2) is 0 Å². The summed E-state index contributed by atoms with van der Waals surface area (Å²) in [5.41, 5.74) is 0. The predicted molar refractivity (Wildman–Crippen MR) is 39.1 cm³/mol. The van der Waals surface area contributed by atoms with E-state index in [1.807, 2.05) is 0 Å². The number of carbonyl (C=O) groups excluding carboxylic acids is 1. The highest BCUT2D eigenvalue weighted by Gasteiger charge is 2.14. The van der Waals surface area contributed by atoms with Crippen LogP contribution in [0.2, 0.25) is 0 Å². The second kappa shape index (κ2) is 4.31. The minimum absolute atomic E-state index is 0.100. The summed E-state index contributed by atoms with van der Waals surface area (Å²) in [5, 5.41) is 11.1. The van der Waals surface area contributed by atoms with Crippen molar-refractivity contribution in [1.29, 1.82) is 0 Å². The molecule has 1 saturated heterocycles. The van der Waals surface area contributed by atoms with Crippen molar-refractivity contribution >= 4 is 5.91 Å². The van der Waals surface area contributed by atoms with E-state index >= 15 is 0 Å². The van der Waals surface area contributed by atoms with Gasteiger partial charge in [-0.1, -0.05) is 0 Å². The largest absolute Gasteiger partial charge is 0.387 e. The number of nitrogens with one attached hydrogen (secondary N) is 1. The van der Waals surface area contributed by atoms with E-state index in [0.29, 0.717) is 6.61 Å². The van der Waals surface area contributed by atoms with Gasteiger partial charge >= 0.3 is 0 Å². The maximum absolute atomic E-state index is 10.7. The van der Waals surface area contributed by atoms with Gasteiger partial charge in [-0.15, -0.1) is 0 Å². The summed E-state index contributed by atoms with van der Waals surface area (Å²) in [5.74, 6) is -0.319. The molecule has 2 N–H and O–H groups in total. The molecule has 4 nitrogen and oxygen atoms in total. The lowest BCUT2D eigenvalue weighted by atomic mass is 10.1. The average Bonchev–Trinajstić information content (AvgIpc) is 2.06. The first-order chi connectivity index (χ1) is 5.33. The minimum atomic E-state index is -0.434. The Morgan fingerprint density at radius 1 is 1.73 bits per heavy atom. The molecule has 1 fully saturated rings. The fraction of sp³-hybridized carbons (Fsp3) is 0.857. The molecule has 0 radical (unpaired) electrons. The molecule has 1 amide bonds. The molecule has 1 aliphatic rings. The predicted octanol–water partition coefficient (Wildman–Crippen LogP) is -0.726. The van der Waals surface area contributed by atoms with Gasteiger partial charge in [0.25, 0.3) is 0 Å². The molecule has 0 saturated carbocycles. The third kappa shape index (κ3) is 2.86. The Morgan fingerprint density at radius 3 is 3.09 bits per heavy atom. The van der Waals surface area contributed by atoms with Crippen molar-refractivity contribution in [3.63, 3.8) is 0 Å². The zero-order valence-electron chi connectivity index (χ0n) is 6.38. The van der Waals surface area contributed by atoms with Crippen LogP contribution >= 0.6 is 0 Å². The summed E-state index contributed by atoms with van der Waals surface area (Å²) in [4.78, 5) is 10.7. The molecule has 0 aromatic heterocycles. The molecule has 0 aromatic rings. The van der Waals surface area contributed by atoms with Crippen LogP contribution in [0.5, 0.6) is 0 Å². The molecule has 0 unspecified atom stereocenters. The summed E-state index contributed by atoms with van der Waals surface area (Å²) in [6.07, 6.45) is 1.93. The summed E-state index contributed by atoms with van der Waals surface area (Å²) in [6.45, 7) is 0.924. The van der Waals surface area contributed by atoms with Gasteiger partial charge in [0, 0.05) is 6.61 Å². The van der Waals surface area contributed by atoms with E-state index in [4.69, 9.17) is 9.84 Å². The van der Waals surface area contributed by atoms with E-state index in [-0.39, 0.29) is 11.9 Å². The average molecular weight is 159 g/mol. The molecule has 1 heterocycles. The van der Waals surface area contributed by atoms with Crippen LogP contribution in [0.4, 0.5) is 0 Å².